The number of benzene rings is 1. The van der Waals surface area contributed by atoms with E-state index in [9.17, 15) is 9.59 Å². The standard InChI is InChI=1S/C15H14BrNO4S2/c1-21-10-4-5-11(16)9(7-10)8-12-14(20)17(15(22)23-12)6-2-3-13(18)19/h4-5,7-8H,2-3,6H2,1H3,(H,18,19). The van der Waals surface area contributed by atoms with Gasteiger partial charge in [-0.1, -0.05) is 39.9 Å². The third-order valence-corrected chi connectivity index (χ3v) is 5.24. The van der Waals surface area contributed by atoms with E-state index in [1.54, 1.807) is 13.2 Å². The third-order valence-electron chi connectivity index (χ3n) is 3.14. The zero-order valence-corrected chi connectivity index (χ0v) is 15.5. The van der Waals surface area contributed by atoms with Crippen LogP contribution in [0.2, 0.25) is 0 Å². The molecule has 2 rings (SSSR count). The van der Waals surface area contributed by atoms with E-state index in [1.807, 2.05) is 18.2 Å². The van der Waals surface area contributed by atoms with Gasteiger partial charge in [-0.05, 0) is 36.3 Å². The number of carboxylic acids is 1. The number of aliphatic carboxylic acids is 1. The van der Waals surface area contributed by atoms with Gasteiger partial charge in [-0.3, -0.25) is 14.5 Å². The van der Waals surface area contributed by atoms with Gasteiger partial charge in [-0.2, -0.15) is 0 Å². The quantitative estimate of drug-likeness (QED) is 0.566. The molecular formula is C15H14BrNO4S2. The lowest BCUT2D eigenvalue weighted by molar-refractivity contribution is -0.137. The van der Waals surface area contributed by atoms with Crippen molar-refractivity contribution < 1.29 is 19.4 Å². The second kappa shape index (κ2) is 7.94. The van der Waals surface area contributed by atoms with E-state index in [0.29, 0.717) is 27.9 Å². The monoisotopic (exact) mass is 415 g/mol. The highest BCUT2D eigenvalue weighted by Gasteiger charge is 2.31. The molecule has 1 aliphatic rings. The molecule has 1 aromatic rings. The summed E-state index contributed by atoms with van der Waals surface area (Å²) >= 11 is 9.87. The van der Waals surface area contributed by atoms with Crippen LogP contribution in [-0.2, 0) is 9.59 Å². The minimum Gasteiger partial charge on any atom is -0.497 e. The Balaban J connectivity index is 2.16. The number of thiocarbonyl (C=S) groups is 1. The zero-order chi connectivity index (χ0) is 17.0. The molecule has 0 unspecified atom stereocenters. The van der Waals surface area contributed by atoms with Crippen LogP contribution in [0.3, 0.4) is 0 Å². The Morgan fingerprint density at radius 3 is 2.91 bits per heavy atom. The number of methoxy groups -OCH3 is 1. The molecular weight excluding hydrogens is 402 g/mol. The highest BCUT2D eigenvalue weighted by molar-refractivity contribution is 9.10. The average Bonchev–Trinajstić information content (AvgIpc) is 2.76. The molecule has 1 amide bonds. The van der Waals surface area contributed by atoms with Crippen LogP contribution in [-0.4, -0.2) is 39.9 Å². The van der Waals surface area contributed by atoms with Crippen LogP contribution in [0.15, 0.2) is 27.6 Å². The van der Waals surface area contributed by atoms with E-state index in [0.717, 1.165) is 10.0 Å². The summed E-state index contributed by atoms with van der Waals surface area (Å²) < 4.78 is 6.48. The fraction of sp³-hybridized carbons (Fsp3) is 0.267. The lowest BCUT2D eigenvalue weighted by Gasteiger charge is -2.13. The van der Waals surface area contributed by atoms with Crippen molar-refractivity contribution in [2.45, 2.75) is 12.8 Å². The third kappa shape index (κ3) is 4.55. The number of amides is 1. The van der Waals surface area contributed by atoms with E-state index < -0.39 is 5.97 Å². The van der Waals surface area contributed by atoms with Gasteiger partial charge in [-0.25, -0.2) is 0 Å². The molecule has 0 aromatic heterocycles. The van der Waals surface area contributed by atoms with Gasteiger partial charge in [0.1, 0.15) is 10.1 Å². The van der Waals surface area contributed by atoms with Crippen molar-refractivity contribution in [3.05, 3.63) is 33.1 Å². The second-order valence-corrected chi connectivity index (χ2v) is 7.25. The summed E-state index contributed by atoms with van der Waals surface area (Å²) in [6.07, 6.45) is 2.14. The van der Waals surface area contributed by atoms with Gasteiger partial charge in [0, 0.05) is 17.4 Å². The molecule has 5 nitrogen and oxygen atoms in total. The predicted octanol–water partition coefficient (Wildman–Crippen LogP) is 3.52. The van der Waals surface area contributed by atoms with E-state index in [-0.39, 0.29) is 12.3 Å². The maximum Gasteiger partial charge on any atom is 0.303 e. The van der Waals surface area contributed by atoms with Crippen LogP contribution in [0.5, 0.6) is 5.75 Å². The summed E-state index contributed by atoms with van der Waals surface area (Å²) in [4.78, 5) is 24.9. The molecule has 0 radical (unpaired) electrons. The van der Waals surface area contributed by atoms with Crippen molar-refractivity contribution in [2.24, 2.45) is 0 Å². The number of hydrogen-bond acceptors (Lipinski definition) is 5. The molecule has 1 N–H and O–H groups in total. The maximum absolute atomic E-state index is 12.4. The molecule has 1 fully saturated rings. The van der Waals surface area contributed by atoms with Crippen LogP contribution in [0.4, 0.5) is 0 Å². The molecule has 0 spiro atoms. The highest BCUT2D eigenvalue weighted by atomic mass is 79.9. The summed E-state index contributed by atoms with van der Waals surface area (Å²) in [5, 5.41) is 8.68. The van der Waals surface area contributed by atoms with E-state index >= 15 is 0 Å². The van der Waals surface area contributed by atoms with Crippen molar-refractivity contribution in [1.82, 2.24) is 4.90 Å². The van der Waals surface area contributed by atoms with E-state index in [1.165, 1.54) is 16.7 Å². The summed E-state index contributed by atoms with van der Waals surface area (Å²) in [6, 6.07) is 5.48. The fourth-order valence-electron chi connectivity index (χ4n) is 1.98. The predicted molar refractivity (Wildman–Crippen MR) is 97.4 cm³/mol. The summed E-state index contributed by atoms with van der Waals surface area (Å²) in [6.45, 7) is 0.313. The van der Waals surface area contributed by atoms with Crippen molar-refractivity contribution in [3.8, 4) is 5.75 Å². The Morgan fingerprint density at radius 1 is 1.52 bits per heavy atom. The number of ether oxygens (including phenoxy) is 1. The number of nitrogens with zero attached hydrogens (tertiary/aromatic N) is 1. The molecule has 8 heteroatoms. The molecule has 0 bridgehead atoms. The van der Waals surface area contributed by atoms with Gasteiger partial charge in [0.25, 0.3) is 5.91 Å². The Kier molecular flexibility index (Phi) is 6.20. The van der Waals surface area contributed by atoms with Gasteiger partial charge in [0.2, 0.25) is 0 Å². The molecule has 1 saturated heterocycles. The van der Waals surface area contributed by atoms with Crippen LogP contribution >= 0.6 is 39.9 Å². The fourth-order valence-corrected chi connectivity index (χ4v) is 3.64. The molecule has 0 aliphatic carbocycles. The van der Waals surface area contributed by atoms with Crippen LogP contribution in [0, 0.1) is 0 Å². The Labute approximate surface area is 151 Å². The molecule has 1 heterocycles. The number of carbonyl (C=O) groups is 2. The van der Waals surface area contributed by atoms with Gasteiger partial charge >= 0.3 is 5.97 Å². The zero-order valence-electron chi connectivity index (χ0n) is 12.2. The molecule has 23 heavy (non-hydrogen) atoms. The first-order valence-corrected chi connectivity index (χ1v) is 8.75. The maximum atomic E-state index is 12.4. The first kappa shape index (κ1) is 18.0. The molecule has 0 saturated carbocycles. The van der Waals surface area contributed by atoms with Crippen LogP contribution in [0.25, 0.3) is 6.08 Å². The smallest absolute Gasteiger partial charge is 0.303 e. The van der Waals surface area contributed by atoms with Crippen LogP contribution < -0.4 is 4.74 Å². The van der Waals surface area contributed by atoms with Crippen molar-refractivity contribution in [2.75, 3.05) is 13.7 Å². The van der Waals surface area contributed by atoms with E-state index in [2.05, 4.69) is 15.9 Å². The summed E-state index contributed by atoms with van der Waals surface area (Å²) in [5.41, 5.74) is 0.815. The minimum absolute atomic E-state index is 0.0114. The first-order chi connectivity index (χ1) is 10.9. The van der Waals surface area contributed by atoms with Crippen molar-refractivity contribution >= 4 is 62.2 Å². The summed E-state index contributed by atoms with van der Waals surface area (Å²) in [7, 11) is 1.58. The molecule has 1 aliphatic heterocycles. The molecule has 0 atom stereocenters. The van der Waals surface area contributed by atoms with Gasteiger partial charge in [-0.15, -0.1) is 0 Å². The van der Waals surface area contributed by atoms with Gasteiger partial charge in [0.05, 0.1) is 12.0 Å². The lowest BCUT2D eigenvalue weighted by atomic mass is 10.2. The van der Waals surface area contributed by atoms with Gasteiger partial charge in [0.15, 0.2) is 0 Å². The molecule has 122 valence electrons. The number of rotatable bonds is 6. The number of hydrogen-bond donors (Lipinski definition) is 1. The Hall–Kier alpha value is -1.38. The van der Waals surface area contributed by atoms with Crippen molar-refractivity contribution in [3.63, 3.8) is 0 Å². The lowest BCUT2D eigenvalue weighted by Crippen LogP contribution is -2.29. The van der Waals surface area contributed by atoms with Gasteiger partial charge < -0.3 is 9.84 Å². The summed E-state index contributed by atoms with van der Waals surface area (Å²) in [5.74, 6) is -0.386. The highest BCUT2D eigenvalue weighted by Crippen LogP contribution is 2.34. The second-order valence-electron chi connectivity index (χ2n) is 4.72. The Bertz CT molecular complexity index is 690. The number of carbonyl (C=O) groups excluding carboxylic acids is 1. The number of carboxylic acid groups (broad SMARTS) is 1. The minimum atomic E-state index is -0.883. The van der Waals surface area contributed by atoms with E-state index in [4.69, 9.17) is 22.1 Å². The topological polar surface area (TPSA) is 66.8 Å². The first-order valence-electron chi connectivity index (χ1n) is 6.73. The largest absolute Gasteiger partial charge is 0.497 e. The van der Waals surface area contributed by atoms with Crippen molar-refractivity contribution in [1.29, 1.82) is 0 Å². The number of thioether (sulfide) groups is 1. The normalized spacial score (nSPS) is 16.3. The average molecular weight is 416 g/mol. The Morgan fingerprint density at radius 2 is 2.26 bits per heavy atom. The molecule has 1 aromatic carbocycles. The SMILES string of the molecule is COc1ccc(Br)c(C=C2SC(=S)N(CCCC(=O)O)C2=O)c1. The number of halogens is 1. The van der Waals surface area contributed by atoms with Crippen LogP contribution in [0.1, 0.15) is 18.4 Å².